The Labute approximate surface area is 241 Å². The third-order valence-electron chi connectivity index (χ3n) is 8.23. The van der Waals surface area contributed by atoms with E-state index in [4.69, 9.17) is 0 Å². The Balaban J connectivity index is 3.41. The van der Waals surface area contributed by atoms with Gasteiger partial charge in [-0.1, -0.05) is 167 Å². The maximum Gasteiger partial charge on any atom is 0.0558 e. The van der Waals surface area contributed by atoms with Crippen LogP contribution in [0.2, 0.25) is 0 Å². The summed E-state index contributed by atoms with van der Waals surface area (Å²) in [5, 5.41) is 9.44. The quantitative estimate of drug-likeness (QED) is 0.0667. The maximum absolute atomic E-state index is 9.44. The topological polar surface area (TPSA) is 23.5 Å². The lowest BCUT2D eigenvalue weighted by atomic mass is 10.0. The van der Waals surface area contributed by atoms with Crippen LogP contribution in [-0.4, -0.2) is 36.2 Å². The van der Waals surface area contributed by atoms with Gasteiger partial charge in [-0.3, -0.25) is 0 Å². The molecule has 0 saturated heterocycles. The summed E-state index contributed by atoms with van der Waals surface area (Å²) in [4.78, 5) is 2.51. The van der Waals surface area contributed by atoms with E-state index in [1.807, 2.05) is 0 Å². The molecule has 2 nitrogen and oxygen atoms in total. The molecule has 0 aliphatic rings. The summed E-state index contributed by atoms with van der Waals surface area (Å²) in [6.45, 7) is 8.13. The lowest BCUT2D eigenvalue weighted by Gasteiger charge is -2.21. The number of hydrogen-bond acceptors (Lipinski definition) is 2. The van der Waals surface area contributed by atoms with E-state index in [1.54, 1.807) is 0 Å². The van der Waals surface area contributed by atoms with Crippen molar-refractivity contribution in [2.75, 3.05) is 26.2 Å². The van der Waals surface area contributed by atoms with E-state index >= 15 is 0 Å². The molecule has 228 valence electrons. The van der Waals surface area contributed by atoms with Gasteiger partial charge in [0.25, 0.3) is 0 Å². The van der Waals surface area contributed by atoms with Crippen molar-refractivity contribution in [1.82, 2.24) is 4.90 Å². The van der Waals surface area contributed by atoms with Crippen molar-refractivity contribution in [2.24, 2.45) is 0 Å². The molecular weight excluding hydrogens is 462 g/mol. The van der Waals surface area contributed by atoms with E-state index in [-0.39, 0.29) is 0 Å². The van der Waals surface area contributed by atoms with Crippen molar-refractivity contribution in [2.45, 2.75) is 194 Å². The Kier molecular flexibility index (Phi) is 34.4. The minimum Gasteiger partial charge on any atom is -0.395 e. The molecule has 0 aromatic carbocycles. The fraction of sp³-hybridized carbons (Fsp3) is 0.944. The van der Waals surface area contributed by atoms with Crippen molar-refractivity contribution < 1.29 is 5.11 Å². The van der Waals surface area contributed by atoms with Gasteiger partial charge in [-0.2, -0.15) is 0 Å². The van der Waals surface area contributed by atoms with Crippen LogP contribution < -0.4 is 0 Å². The van der Waals surface area contributed by atoms with E-state index in [2.05, 4.69) is 30.9 Å². The van der Waals surface area contributed by atoms with E-state index < -0.39 is 0 Å². The summed E-state index contributed by atoms with van der Waals surface area (Å²) in [7, 11) is 0. The first-order valence-electron chi connectivity index (χ1n) is 17.8. The average molecular weight is 536 g/mol. The van der Waals surface area contributed by atoms with Crippen molar-refractivity contribution in [3.63, 3.8) is 0 Å². The van der Waals surface area contributed by atoms with Gasteiger partial charge in [-0.15, -0.1) is 0 Å². The van der Waals surface area contributed by atoms with E-state index in [9.17, 15) is 5.11 Å². The predicted octanol–water partition coefficient (Wildman–Crippen LogP) is 11.8. The van der Waals surface area contributed by atoms with Crippen molar-refractivity contribution in [1.29, 1.82) is 0 Å². The minimum absolute atomic E-state index is 0.310. The molecule has 0 aliphatic heterocycles. The van der Waals surface area contributed by atoms with Crippen LogP contribution in [-0.2, 0) is 0 Å². The van der Waals surface area contributed by atoms with Gasteiger partial charge in [0.2, 0.25) is 0 Å². The Morgan fingerprint density at radius 1 is 0.368 bits per heavy atom. The average Bonchev–Trinajstić information content (AvgIpc) is 2.92. The smallest absolute Gasteiger partial charge is 0.0558 e. The number of allylic oxidation sites excluding steroid dienone is 2. The van der Waals surface area contributed by atoms with Gasteiger partial charge >= 0.3 is 0 Å². The summed E-state index contributed by atoms with van der Waals surface area (Å²) < 4.78 is 0. The Morgan fingerprint density at radius 3 is 0.974 bits per heavy atom. The highest BCUT2D eigenvalue weighted by Crippen LogP contribution is 2.14. The third kappa shape index (κ3) is 31.9. The van der Waals surface area contributed by atoms with Crippen molar-refractivity contribution in [3.8, 4) is 0 Å². The molecule has 0 bridgehead atoms. The van der Waals surface area contributed by atoms with E-state index in [0.29, 0.717) is 6.61 Å². The number of rotatable bonds is 33. The van der Waals surface area contributed by atoms with Crippen LogP contribution in [0.1, 0.15) is 194 Å². The fourth-order valence-electron chi connectivity index (χ4n) is 5.59. The molecule has 0 unspecified atom stereocenters. The zero-order valence-corrected chi connectivity index (χ0v) is 26.7. The predicted molar refractivity (Wildman–Crippen MR) is 173 cm³/mol. The second kappa shape index (κ2) is 34.7. The Morgan fingerprint density at radius 2 is 0.658 bits per heavy atom. The van der Waals surface area contributed by atoms with Crippen molar-refractivity contribution in [3.05, 3.63) is 12.2 Å². The number of hydrogen-bond donors (Lipinski definition) is 1. The lowest BCUT2D eigenvalue weighted by molar-refractivity contribution is 0.190. The molecule has 0 aromatic heterocycles. The van der Waals surface area contributed by atoms with E-state index in [1.165, 1.54) is 193 Å². The molecule has 0 radical (unpaired) electrons. The van der Waals surface area contributed by atoms with Crippen LogP contribution in [0, 0.1) is 0 Å². The van der Waals surface area contributed by atoms with Crippen LogP contribution in [0.5, 0.6) is 0 Å². The van der Waals surface area contributed by atoms with Crippen LogP contribution >= 0.6 is 0 Å². The standard InChI is InChI=1S/C36H73NO/c1-3-5-7-9-11-13-15-17-19-20-22-24-26-28-30-32-34-37(35-36-38)33-31-29-27-25-23-21-18-16-14-12-10-8-6-4-2/h17,19,38H,3-16,18,20-36H2,1-2H3/b19-17-. The van der Waals surface area contributed by atoms with Crippen LogP contribution in [0.25, 0.3) is 0 Å². The maximum atomic E-state index is 9.44. The second-order valence-electron chi connectivity index (χ2n) is 12.1. The van der Waals surface area contributed by atoms with E-state index in [0.717, 1.165) is 6.54 Å². The lowest BCUT2D eigenvalue weighted by Crippen LogP contribution is -2.29. The summed E-state index contributed by atoms with van der Waals surface area (Å²) >= 11 is 0. The van der Waals surface area contributed by atoms with Crippen LogP contribution in [0.3, 0.4) is 0 Å². The summed E-state index contributed by atoms with van der Waals surface area (Å²) in [5.41, 5.74) is 0. The molecule has 0 amide bonds. The summed E-state index contributed by atoms with van der Waals surface area (Å²) in [5.74, 6) is 0. The monoisotopic (exact) mass is 536 g/mol. The number of nitrogens with zero attached hydrogens (tertiary/aromatic N) is 1. The molecule has 0 aromatic rings. The molecular formula is C36H73NO. The molecule has 0 spiro atoms. The first kappa shape index (κ1) is 37.7. The summed E-state index contributed by atoms with van der Waals surface area (Å²) in [6.07, 6.45) is 43.9. The highest BCUT2D eigenvalue weighted by atomic mass is 16.3. The van der Waals surface area contributed by atoms with Gasteiger partial charge in [0.1, 0.15) is 0 Å². The van der Waals surface area contributed by atoms with Crippen LogP contribution in [0.15, 0.2) is 12.2 Å². The Bertz CT molecular complexity index is 435. The van der Waals surface area contributed by atoms with Crippen LogP contribution in [0.4, 0.5) is 0 Å². The zero-order chi connectivity index (χ0) is 27.6. The van der Waals surface area contributed by atoms with Crippen molar-refractivity contribution >= 4 is 0 Å². The molecule has 0 atom stereocenters. The molecule has 38 heavy (non-hydrogen) atoms. The molecule has 2 heteroatoms. The second-order valence-corrected chi connectivity index (χ2v) is 12.1. The fourth-order valence-corrected chi connectivity index (χ4v) is 5.59. The molecule has 0 rings (SSSR count). The van der Waals surface area contributed by atoms with Gasteiger partial charge in [0.15, 0.2) is 0 Å². The van der Waals surface area contributed by atoms with Gasteiger partial charge < -0.3 is 10.0 Å². The Hall–Kier alpha value is -0.340. The SMILES string of the molecule is CCCCCCCC/C=C\CCCCCCCCN(CCO)CCCCCCCCCCCCCCCC. The number of aliphatic hydroxyl groups excluding tert-OH is 1. The normalized spacial score (nSPS) is 11.9. The molecule has 1 N–H and O–H groups in total. The molecule has 0 fully saturated rings. The highest BCUT2D eigenvalue weighted by molar-refractivity contribution is 4.81. The minimum atomic E-state index is 0.310. The number of unbranched alkanes of at least 4 members (excludes halogenated alkanes) is 25. The largest absolute Gasteiger partial charge is 0.395 e. The first-order chi connectivity index (χ1) is 18.8. The molecule has 0 aliphatic carbocycles. The molecule has 0 saturated carbocycles. The van der Waals surface area contributed by atoms with Gasteiger partial charge in [0.05, 0.1) is 6.61 Å². The molecule has 0 heterocycles. The highest BCUT2D eigenvalue weighted by Gasteiger charge is 2.04. The zero-order valence-electron chi connectivity index (χ0n) is 26.7. The summed E-state index contributed by atoms with van der Waals surface area (Å²) in [6, 6.07) is 0. The first-order valence-corrected chi connectivity index (χ1v) is 17.8. The van der Waals surface area contributed by atoms with Gasteiger partial charge in [-0.05, 0) is 51.6 Å². The third-order valence-corrected chi connectivity index (χ3v) is 8.23. The van der Waals surface area contributed by atoms with Gasteiger partial charge in [0, 0.05) is 6.54 Å². The number of aliphatic hydroxyl groups is 1. The van der Waals surface area contributed by atoms with Gasteiger partial charge in [-0.25, -0.2) is 0 Å².